The smallest absolute Gasteiger partial charge is 0.411 e. The summed E-state index contributed by atoms with van der Waals surface area (Å²) in [4.78, 5) is 39.7. The van der Waals surface area contributed by atoms with Gasteiger partial charge in [0, 0.05) is 19.6 Å². The monoisotopic (exact) mass is 342 g/mol. The van der Waals surface area contributed by atoms with Gasteiger partial charge in [0.2, 0.25) is 5.91 Å². The molecule has 2 saturated heterocycles. The van der Waals surface area contributed by atoms with Crippen molar-refractivity contribution in [2.75, 3.05) is 32.8 Å². The van der Waals surface area contributed by atoms with Crippen LogP contribution in [0.1, 0.15) is 33.6 Å². The zero-order valence-electron chi connectivity index (χ0n) is 14.5. The minimum atomic E-state index is -1.19. The maximum absolute atomic E-state index is 12.7. The second-order valence-corrected chi connectivity index (χ2v) is 7.14. The molecule has 2 aliphatic rings. The molecule has 136 valence electrons. The lowest BCUT2D eigenvalue weighted by Crippen LogP contribution is -2.58. The van der Waals surface area contributed by atoms with Crippen LogP contribution in [-0.2, 0) is 19.1 Å². The highest BCUT2D eigenvalue weighted by Gasteiger charge is 2.45. The molecular weight excluding hydrogens is 316 g/mol. The second-order valence-electron chi connectivity index (χ2n) is 7.14. The van der Waals surface area contributed by atoms with Crippen LogP contribution in [-0.4, -0.2) is 77.4 Å². The molecule has 2 rings (SSSR count). The fourth-order valence-corrected chi connectivity index (χ4v) is 3.10. The lowest BCUT2D eigenvalue weighted by Gasteiger charge is -2.40. The number of likely N-dealkylation sites (tertiary alicyclic amines) is 1. The van der Waals surface area contributed by atoms with Crippen LogP contribution in [0.4, 0.5) is 4.79 Å². The number of carbonyl (C=O) groups excluding carboxylic acids is 2. The Labute approximate surface area is 141 Å². The number of morpholine rings is 1. The Bertz CT molecular complexity index is 495. The van der Waals surface area contributed by atoms with Gasteiger partial charge in [-0.2, -0.15) is 0 Å². The van der Waals surface area contributed by atoms with Crippen LogP contribution in [0.5, 0.6) is 0 Å². The molecular formula is C16H26N2O6. The zero-order chi connectivity index (χ0) is 17.9. The van der Waals surface area contributed by atoms with Crippen molar-refractivity contribution in [2.45, 2.75) is 45.3 Å². The summed E-state index contributed by atoms with van der Waals surface area (Å²) >= 11 is 0. The van der Waals surface area contributed by atoms with Crippen LogP contribution in [0.25, 0.3) is 0 Å². The lowest BCUT2D eigenvalue weighted by atomic mass is 9.88. The van der Waals surface area contributed by atoms with Gasteiger partial charge in [-0.25, -0.2) is 9.59 Å². The molecule has 0 saturated carbocycles. The summed E-state index contributed by atoms with van der Waals surface area (Å²) in [6, 6.07) is -1.19. The van der Waals surface area contributed by atoms with Gasteiger partial charge in [-0.1, -0.05) is 0 Å². The molecule has 2 heterocycles. The lowest BCUT2D eigenvalue weighted by molar-refractivity contribution is -0.155. The Morgan fingerprint density at radius 2 is 1.75 bits per heavy atom. The first kappa shape index (κ1) is 18.5. The highest BCUT2D eigenvalue weighted by molar-refractivity contribution is 5.89. The first-order chi connectivity index (χ1) is 11.2. The third-order valence-electron chi connectivity index (χ3n) is 4.15. The molecule has 8 heteroatoms. The Balaban J connectivity index is 2.17. The molecule has 8 nitrogen and oxygen atoms in total. The number of carboxylic acids is 1. The van der Waals surface area contributed by atoms with Crippen molar-refractivity contribution in [3.63, 3.8) is 0 Å². The fraction of sp³-hybridized carbons (Fsp3) is 0.812. The van der Waals surface area contributed by atoms with Crippen molar-refractivity contribution in [1.82, 2.24) is 9.80 Å². The van der Waals surface area contributed by atoms with Crippen molar-refractivity contribution < 1.29 is 29.0 Å². The van der Waals surface area contributed by atoms with Gasteiger partial charge in [0.05, 0.1) is 19.1 Å². The second kappa shape index (κ2) is 7.38. The van der Waals surface area contributed by atoms with Gasteiger partial charge in [0.25, 0.3) is 0 Å². The van der Waals surface area contributed by atoms with Crippen molar-refractivity contribution in [1.29, 1.82) is 0 Å². The highest BCUT2D eigenvalue weighted by Crippen LogP contribution is 2.28. The van der Waals surface area contributed by atoms with E-state index in [1.54, 1.807) is 25.7 Å². The highest BCUT2D eigenvalue weighted by atomic mass is 16.6. The van der Waals surface area contributed by atoms with Gasteiger partial charge in [0.1, 0.15) is 11.6 Å². The Kier molecular flexibility index (Phi) is 5.69. The van der Waals surface area contributed by atoms with E-state index >= 15 is 0 Å². The molecule has 2 aliphatic heterocycles. The number of rotatable bonds is 2. The van der Waals surface area contributed by atoms with Crippen molar-refractivity contribution >= 4 is 18.0 Å². The zero-order valence-corrected chi connectivity index (χ0v) is 14.5. The summed E-state index contributed by atoms with van der Waals surface area (Å²) < 4.78 is 10.5. The van der Waals surface area contributed by atoms with E-state index in [4.69, 9.17) is 9.47 Å². The summed E-state index contributed by atoms with van der Waals surface area (Å²) in [5.41, 5.74) is -0.721. The van der Waals surface area contributed by atoms with Crippen molar-refractivity contribution in [3.05, 3.63) is 0 Å². The molecule has 0 bridgehead atoms. The first-order valence-corrected chi connectivity index (χ1v) is 8.29. The minimum Gasteiger partial charge on any atom is -0.480 e. The predicted molar refractivity (Wildman–Crippen MR) is 84.5 cm³/mol. The normalized spacial score (nSPS) is 25.3. The average molecular weight is 342 g/mol. The number of aliphatic carboxylic acids is 1. The van der Waals surface area contributed by atoms with E-state index in [-0.39, 0.29) is 12.5 Å². The number of carboxylic acid groups (broad SMARTS) is 1. The van der Waals surface area contributed by atoms with E-state index in [1.807, 2.05) is 0 Å². The van der Waals surface area contributed by atoms with Crippen molar-refractivity contribution in [2.24, 2.45) is 5.92 Å². The first-order valence-electron chi connectivity index (χ1n) is 8.29. The maximum atomic E-state index is 12.7. The van der Waals surface area contributed by atoms with Crippen LogP contribution < -0.4 is 0 Å². The molecule has 2 fully saturated rings. The number of hydrogen-bond acceptors (Lipinski definition) is 5. The van der Waals surface area contributed by atoms with Gasteiger partial charge >= 0.3 is 12.1 Å². The molecule has 0 aromatic rings. The van der Waals surface area contributed by atoms with Crippen molar-refractivity contribution in [3.8, 4) is 0 Å². The van der Waals surface area contributed by atoms with Gasteiger partial charge in [-0.15, -0.1) is 0 Å². The van der Waals surface area contributed by atoms with Crippen LogP contribution in [0.15, 0.2) is 0 Å². The summed E-state index contributed by atoms with van der Waals surface area (Å²) in [6.45, 7) is 7.25. The molecule has 2 unspecified atom stereocenters. The summed E-state index contributed by atoms with van der Waals surface area (Å²) in [5, 5.41) is 9.63. The topological polar surface area (TPSA) is 96.4 Å². The third kappa shape index (κ3) is 4.37. The molecule has 2 atom stereocenters. The summed E-state index contributed by atoms with van der Waals surface area (Å²) in [6.07, 6.45) is 0.338. The van der Waals surface area contributed by atoms with Gasteiger partial charge in [-0.3, -0.25) is 9.69 Å². The van der Waals surface area contributed by atoms with E-state index in [9.17, 15) is 19.5 Å². The number of amides is 2. The minimum absolute atomic E-state index is 0.223. The number of ether oxygens (including phenoxy) is 2. The Morgan fingerprint density at radius 1 is 1.12 bits per heavy atom. The van der Waals surface area contributed by atoms with E-state index in [1.165, 1.54) is 4.90 Å². The SMILES string of the molecule is CC(C)(C)OC(=O)N1CCCC(C(=O)N2CCOCC2)C1C(=O)O. The van der Waals surface area contributed by atoms with E-state index < -0.39 is 29.6 Å². The molecule has 1 N–H and O–H groups in total. The molecule has 0 aromatic heterocycles. The van der Waals surface area contributed by atoms with Crippen LogP contribution in [0.3, 0.4) is 0 Å². The van der Waals surface area contributed by atoms with Crippen LogP contribution >= 0.6 is 0 Å². The maximum Gasteiger partial charge on any atom is 0.411 e. The van der Waals surface area contributed by atoms with E-state index in [0.717, 1.165) is 0 Å². The van der Waals surface area contributed by atoms with E-state index in [0.29, 0.717) is 39.1 Å². The summed E-state index contributed by atoms with van der Waals surface area (Å²) in [7, 11) is 0. The fourth-order valence-electron chi connectivity index (χ4n) is 3.10. The molecule has 0 aromatic carbocycles. The Hall–Kier alpha value is -1.83. The molecule has 0 aliphatic carbocycles. The quantitative estimate of drug-likeness (QED) is 0.802. The molecule has 0 radical (unpaired) electrons. The number of piperidine rings is 1. The standard InChI is InChI=1S/C16H26N2O6/c1-16(2,3)24-15(22)18-6-4-5-11(12(18)14(20)21)13(19)17-7-9-23-10-8-17/h11-12H,4-10H2,1-3H3,(H,20,21). The largest absolute Gasteiger partial charge is 0.480 e. The van der Waals surface area contributed by atoms with E-state index in [2.05, 4.69) is 0 Å². The molecule has 24 heavy (non-hydrogen) atoms. The van der Waals surface area contributed by atoms with Gasteiger partial charge in [0.15, 0.2) is 0 Å². The number of nitrogens with zero attached hydrogens (tertiary/aromatic N) is 2. The average Bonchev–Trinajstić information content (AvgIpc) is 2.52. The Morgan fingerprint density at radius 3 is 2.29 bits per heavy atom. The van der Waals surface area contributed by atoms with Crippen LogP contribution in [0.2, 0.25) is 0 Å². The number of hydrogen-bond donors (Lipinski definition) is 1. The van der Waals surface area contributed by atoms with Gasteiger partial charge in [-0.05, 0) is 33.6 Å². The number of carbonyl (C=O) groups is 3. The third-order valence-corrected chi connectivity index (χ3v) is 4.15. The van der Waals surface area contributed by atoms with Gasteiger partial charge < -0.3 is 19.5 Å². The predicted octanol–water partition coefficient (Wildman–Crippen LogP) is 0.946. The summed E-state index contributed by atoms with van der Waals surface area (Å²) in [5.74, 6) is -2.15. The molecule has 2 amide bonds. The molecule has 0 spiro atoms. The van der Waals surface area contributed by atoms with Crippen LogP contribution in [0, 0.1) is 5.92 Å².